The van der Waals surface area contributed by atoms with E-state index in [1.807, 2.05) is 45.0 Å². The van der Waals surface area contributed by atoms with E-state index in [4.69, 9.17) is 0 Å². The van der Waals surface area contributed by atoms with Crippen LogP contribution in [0.5, 0.6) is 0 Å². The van der Waals surface area contributed by atoms with Crippen LogP contribution in [0, 0.1) is 3.57 Å². The van der Waals surface area contributed by atoms with Crippen molar-refractivity contribution in [1.82, 2.24) is 10.2 Å². The Kier molecular flexibility index (Phi) is 7.66. The fourth-order valence-corrected chi connectivity index (χ4v) is 2.36. The molecule has 0 bridgehead atoms. The van der Waals surface area contributed by atoms with Crippen molar-refractivity contribution in [2.75, 3.05) is 25.0 Å². The second-order valence-electron chi connectivity index (χ2n) is 5.08. The van der Waals surface area contributed by atoms with Crippen molar-refractivity contribution in [3.8, 4) is 0 Å². The van der Waals surface area contributed by atoms with E-state index in [1.165, 1.54) is 0 Å². The lowest BCUT2D eigenvalue weighted by atomic mass is 10.3. The summed E-state index contributed by atoms with van der Waals surface area (Å²) >= 11 is 2.20. The largest absolute Gasteiger partial charge is 0.353 e. The number of nitrogens with zero attached hydrogens (tertiary/aromatic N) is 1. The predicted molar refractivity (Wildman–Crippen MR) is 93.2 cm³/mol. The topological polar surface area (TPSA) is 61.4 Å². The average molecular weight is 403 g/mol. The van der Waals surface area contributed by atoms with Crippen LogP contribution in [0.3, 0.4) is 0 Å². The van der Waals surface area contributed by atoms with Crippen LogP contribution in [0.25, 0.3) is 0 Å². The van der Waals surface area contributed by atoms with Crippen molar-refractivity contribution in [1.29, 1.82) is 0 Å². The molecule has 0 spiro atoms. The minimum Gasteiger partial charge on any atom is -0.353 e. The van der Waals surface area contributed by atoms with Crippen molar-refractivity contribution in [2.24, 2.45) is 0 Å². The van der Waals surface area contributed by atoms with Crippen LogP contribution in [0.15, 0.2) is 24.3 Å². The number of rotatable bonds is 7. The second kappa shape index (κ2) is 8.99. The Morgan fingerprint density at radius 1 is 1.24 bits per heavy atom. The normalized spacial score (nSPS) is 10.8. The molecule has 2 N–H and O–H groups in total. The summed E-state index contributed by atoms with van der Waals surface area (Å²) in [6.07, 6.45) is 0. The fraction of sp³-hybridized carbons (Fsp3) is 0.467. The molecule has 0 unspecified atom stereocenters. The van der Waals surface area contributed by atoms with Crippen molar-refractivity contribution in [2.45, 2.75) is 26.8 Å². The van der Waals surface area contributed by atoms with Crippen molar-refractivity contribution in [3.05, 3.63) is 27.8 Å². The lowest BCUT2D eigenvalue weighted by Crippen LogP contribution is -2.42. The first kappa shape index (κ1) is 17.9. The maximum absolute atomic E-state index is 12.0. The van der Waals surface area contributed by atoms with Gasteiger partial charge in [-0.05, 0) is 61.2 Å². The third kappa shape index (κ3) is 7.42. The zero-order valence-corrected chi connectivity index (χ0v) is 14.8. The molecule has 0 aliphatic carbocycles. The van der Waals surface area contributed by atoms with Gasteiger partial charge >= 0.3 is 0 Å². The van der Waals surface area contributed by atoms with Gasteiger partial charge in [-0.15, -0.1) is 0 Å². The van der Waals surface area contributed by atoms with E-state index in [9.17, 15) is 9.59 Å². The first-order valence-electron chi connectivity index (χ1n) is 6.97. The number of hydrogen-bond donors (Lipinski definition) is 2. The van der Waals surface area contributed by atoms with Crippen LogP contribution >= 0.6 is 22.6 Å². The zero-order chi connectivity index (χ0) is 15.8. The number of amides is 2. The predicted octanol–water partition coefficient (Wildman–Crippen LogP) is 2.08. The number of carbonyl (C=O) groups excluding carboxylic acids is 2. The number of likely N-dealkylation sites (N-methyl/N-ethyl adjacent to an activating group) is 1. The van der Waals surface area contributed by atoms with Crippen LogP contribution in [0.1, 0.15) is 20.8 Å². The van der Waals surface area contributed by atoms with E-state index < -0.39 is 0 Å². The van der Waals surface area contributed by atoms with Crippen LogP contribution in [0.4, 0.5) is 5.69 Å². The van der Waals surface area contributed by atoms with E-state index in [0.29, 0.717) is 6.54 Å². The zero-order valence-electron chi connectivity index (χ0n) is 12.6. The number of hydrogen-bond acceptors (Lipinski definition) is 3. The van der Waals surface area contributed by atoms with Gasteiger partial charge in [-0.1, -0.05) is 13.0 Å². The molecule has 5 nitrogen and oxygen atoms in total. The Hall–Kier alpha value is -1.15. The van der Waals surface area contributed by atoms with Crippen molar-refractivity contribution >= 4 is 40.1 Å². The average Bonchev–Trinajstić information content (AvgIpc) is 2.36. The highest BCUT2D eigenvalue weighted by Crippen LogP contribution is 2.12. The SMILES string of the molecule is CCN(CC(=O)Nc1cccc(I)c1)CC(=O)NC(C)C. The van der Waals surface area contributed by atoms with Gasteiger partial charge in [0.1, 0.15) is 0 Å². The molecule has 0 aromatic heterocycles. The summed E-state index contributed by atoms with van der Waals surface area (Å²) in [7, 11) is 0. The molecular formula is C15H22IN3O2. The summed E-state index contributed by atoms with van der Waals surface area (Å²) in [5.74, 6) is -0.176. The van der Waals surface area contributed by atoms with Gasteiger partial charge in [0, 0.05) is 15.3 Å². The molecule has 0 saturated carbocycles. The van der Waals surface area contributed by atoms with E-state index in [1.54, 1.807) is 4.90 Å². The molecule has 0 aliphatic heterocycles. The van der Waals surface area contributed by atoms with Gasteiger partial charge in [0.2, 0.25) is 11.8 Å². The molecule has 2 amide bonds. The standard InChI is InChI=1S/C15H22IN3O2/c1-4-19(9-14(20)17-11(2)3)10-15(21)18-13-7-5-6-12(16)8-13/h5-8,11H,4,9-10H2,1-3H3,(H,17,20)(H,18,21). The fourth-order valence-electron chi connectivity index (χ4n) is 1.82. The summed E-state index contributed by atoms with van der Waals surface area (Å²) in [5, 5.41) is 5.67. The van der Waals surface area contributed by atoms with Gasteiger partial charge in [-0.3, -0.25) is 14.5 Å². The first-order valence-corrected chi connectivity index (χ1v) is 8.05. The van der Waals surface area contributed by atoms with Gasteiger partial charge in [-0.2, -0.15) is 0 Å². The van der Waals surface area contributed by atoms with Gasteiger partial charge in [0.25, 0.3) is 0 Å². The Morgan fingerprint density at radius 2 is 1.90 bits per heavy atom. The number of nitrogens with one attached hydrogen (secondary N) is 2. The molecule has 116 valence electrons. The number of carbonyl (C=O) groups is 2. The summed E-state index contributed by atoms with van der Waals surface area (Å²) in [6, 6.07) is 7.72. The van der Waals surface area contributed by atoms with Gasteiger partial charge in [-0.25, -0.2) is 0 Å². The summed E-state index contributed by atoms with van der Waals surface area (Å²) in [4.78, 5) is 25.5. The summed E-state index contributed by atoms with van der Waals surface area (Å²) in [6.45, 7) is 6.84. The molecule has 0 heterocycles. The van der Waals surface area contributed by atoms with Crippen molar-refractivity contribution in [3.63, 3.8) is 0 Å². The maximum atomic E-state index is 12.0. The molecule has 21 heavy (non-hydrogen) atoms. The highest BCUT2D eigenvalue weighted by Gasteiger charge is 2.13. The lowest BCUT2D eigenvalue weighted by Gasteiger charge is -2.20. The molecular weight excluding hydrogens is 381 g/mol. The van der Waals surface area contributed by atoms with Crippen LogP contribution in [-0.2, 0) is 9.59 Å². The third-order valence-corrected chi connectivity index (χ3v) is 3.41. The highest BCUT2D eigenvalue weighted by atomic mass is 127. The molecule has 0 fully saturated rings. The van der Waals surface area contributed by atoms with E-state index in [-0.39, 0.29) is 30.9 Å². The molecule has 0 aliphatic rings. The molecule has 0 radical (unpaired) electrons. The molecule has 0 atom stereocenters. The van der Waals surface area contributed by atoms with Crippen LogP contribution in [-0.4, -0.2) is 42.4 Å². The Bertz CT molecular complexity index is 492. The first-order chi connectivity index (χ1) is 9.90. The Morgan fingerprint density at radius 3 is 2.48 bits per heavy atom. The van der Waals surface area contributed by atoms with Crippen LogP contribution < -0.4 is 10.6 Å². The quantitative estimate of drug-likeness (QED) is 0.686. The molecule has 6 heteroatoms. The van der Waals surface area contributed by atoms with Gasteiger partial charge < -0.3 is 10.6 Å². The van der Waals surface area contributed by atoms with Gasteiger partial charge in [0.05, 0.1) is 13.1 Å². The van der Waals surface area contributed by atoms with E-state index >= 15 is 0 Å². The minimum atomic E-state index is -0.115. The smallest absolute Gasteiger partial charge is 0.238 e. The van der Waals surface area contributed by atoms with E-state index in [2.05, 4.69) is 33.2 Å². The number of halogens is 1. The molecule has 1 aromatic carbocycles. The maximum Gasteiger partial charge on any atom is 0.238 e. The lowest BCUT2D eigenvalue weighted by molar-refractivity contribution is -0.123. The third-order valence-electron chi connectivity index (χ3n) is 2.74. The number of anilines is 1. The van der Waals surface area contributed by atoms with Gasteiger partial charge in [0.15, 0.2) is 0 Å². The van der Waals surface area contributed by atoms with E-state index in [0.717, 1.165) is 9.26 Å². The Balaban J connectivity index is 2.49. The highest BCUT2D eigenvalue weighted by molar-refractivity contribution is 14.1. The Labute approximate surface area is 139 Å². The monoisotopic (exact) mass is 403 g/mol. The molecule has 0 saturated heterocycles. The van der Waals surface area contributed by atoms with Crippen LogP contribution in [0.2, 0.25) is 0 Å². The minimum absolute atomic E-state index is 0.0612. The second-order valence-corrected chi connectivity index (χ2v) is 6.33. The van der Waals surface area contributed by atoms with Crippen molar-refractivity contribution < 1.29 is 9.59 Å². The molecule has 1 aromatic rings. The summed E-state index contributed by atoms with van der Waals surface area (Å²) in [5.41, 5.74) is 0.773. The molecule has 1 rings (SSSR count). The number of benzene rings is 1. The summed E-state index contributed by atoms with van der Waals surface area (Å²) < 4.78 is 1.06.